The van der Waals surface area contributed by atoms with E-state index >= 15 is 0 Å². The molecule has 0 radical (unpaired) electrons. The summed E-state index contributed by atoms with van der Waals surface area (Å²) in [5.41, 5.74) is 3.74. The molecule has 0 aliphatic heterocycles. The first kappa shape index (κ1) is 21.1. The second kappa shape index (κ2) is 8.38. The third kappa shape index (κ3) is 4.22. The van der Waals surface area contributed by atoms with Crippen LogP contribution in [0.15, 0.2) is 43.0 Å². The minimum atomic E-state index is -0.188. The van der Waals surface area contributed by atoms with Crippen molar-refractivity contribution in [2.24, 2.45) is 5.92 Å². The first-order valence-corrected chi connectivity index (χ1v) is 12.3. The predicted octanol–water partition coefficient (Wildman–Crippen LogP) is 4.94. The van der Waals surface area contributed by atoms with Gasteiger partial charge in [0.05, 0.1) is 22.1 Å². The number of fused-ring (bicyclic) bond motifs is 1. The molecule has 10 heteroatoms. The van der Waals surface area contributed by atoms with Crippen molar-refractivity contribution in [3.8, 4) is 6.07 Å². The predicted molar refractivity (Wildman–Crippen MR) is 130 cm³/mol. The first-order chi connectivity index (χ1) is 16.6. The van der Waals surface area contributed by atoms with Crippen LogP contribution in [0, 0.1) is 17.2 Å². The van der Waals surface area contributed by atoms with Gasteiger partial charge in [-0.2, -0.15) is 5.26 Å². The SMILES string of the molecule is N#Cc1cc(Cl)sc1[C@H]1C[C@@H]1C(=O)Nc1cc(NCc2cn3cc(C4CC4)ccc3n2)ncn1. The highest BCUT2D eigenvalue weighted by atomic mass is 35.5. The zero-order valence-corrected chi connectivity index (χ0v) is 19.6. The quantitative estimate of drug-likeness (QED) is 0.380. The van der Waals surface area contributed by atoms with Gasteiger partial charge in [-0.15, -0.1) is 11.3 Å². The van der Waals surface area contributed by atoms with Gasteiger partial charge in [-0.05, 0) is 42.9 Å². The van der Waals surface area contributed by atoms with E-state index in [-0.39, 0.29) is 17.7 Å². The van der Waals surface area contributed by atoms with Crippen LogP contribution < -0.4 is 10.6 Å². The minimum Gasteiger partial charge on any atom is -0.364 e. The van der Waals surface area contributed by atoms with Crippen LogP contribution >= 0.6 is 22.9 Å². The largest absolute Gasteiger partial charge is 0.364 e. The third-order valence-corrected chi connectivity index (χ3v) is 7.65. The molecule has 0 saturated heterocycles. The molecular formula is C24H20ClN7OS. The van der Waals surface area contributed by atoms with E-state index in [1.165, 1.54) is 36.1 Å². The number of nitrogens with zero attached hydrogens (tertiary/aromatic N) is 5. The van der Waals surface area contributed by atoms with Crippen molar-refractivity contribution in [1.29, 1.82) is 5.26 Å². The Bertz CT molecular complexity index is 1450. The second-order valence-electron chi connectivity index (χ2n) is 8.75. The van der Waals surface area contributed by atoms with Crippen molar-refractivity contribution in [2.45, 2.75) is 37.6 Å². The van der Waals surface area contributed by atoms with Gasteiger partial charge in [0, 0.05) is 35.2 Å². The number of halogens is 1. The molecule has 4 aromatic heterocycles. The van der Waals surface area contributed by atoms with Gasteiger partial charge in [0.1, 0.15) is 29.7 Å². The molecule has 4 heterocycles. The summed E-state index contributed by atoms with van der Waals surface area (Å²) in [5.74, 6) is 1.46. The molecule has 0 bridgehead atoms. The summed E-state index contributed by atoms with van der Waals surface area (Å²) < 4.78 is 2.64. The van der Waals surface area contributed by atoms with Crippen LogP contribution in [0.5, 0.6) is 0 Å². The molecule has 8 nitrogen and oxygen atoms in total. The maximum atomic E-state index is 12.7. The average molecular weight is 490 g/mol. The second-order valence-corrected chi connectivity index (χ2v) is 10.5. The smallest absolute Gasteiger partial charge is 0.229 e. The van der Waals surface area contributed by atoms with E-state index in [4.69, 9.17) is 11.6 Å². The van der Waals surface area contributed by atoms with Crippen molar-refractivity contribution in [3.05, 3.63) is 69.0 Å². The zero-order chi connectivity index (χ0) is 23.2. The Morgan fingerprint density at radius 1 is 1.24 bits per heavy atom. The lowest BCUT2D eigenvalue weighted by molar-refractivity contribution is -0.117. The molecule has 2 fully saturated rings. The molecule has 0 unspecified atom stereocenters. The Kier molecular flexibility index (Phi) is 5.20. The number of aromatic nitrogens is 4. The minimum absolute atomic E-state index is 0.0297. The number of hydrogen-bond donors (Lipinski definition) is 2. The number of amides is 1. The van der Waals surface area contributed by atoms with Crippen LogP contribution in [-0.2, 0) is 11.3 Å². The number of hydrogen-bond acceptors (Lipinski definition) is 7. The fourth-order valence-corrected chi connectivity index (χ4v) is 5.61. The Hall–Kier alpha value is -3.48. The standard InChI is InChI=1S/C24H20ClN7OS/c25-19-5-15(8-26)23(34-19)17-6-18(17)24(33)31-21-7-20(28-12-29-21)27-9-16-11-32-10-14(13-1-2-13)3-4-22(32)30-16/h3-5,7,10-13,17-18H,1-2,6,9H2,(H2,27,28,29,31,33)/t17-,18-/m0/s1. The van der Waals surface area contributed by atoms with Gasteiger partial charge in [-0.3, -0.25) is 4.79 Å². The molecule has 2 saturated carbocycles. The van der Waals surface area contributed by atoms with Crippen molar-refractivity contribution in [3.63, 3.8) is 0 Å². The summed E-state index contributed by atoms with van der Waals surface area (Å²) in [6.07, 6.45) is 8.84. The number of imidazole rings is 1. The van der Waals surface area contributed by atoms with Gasteiger partial charge in [0.2, 0.25) is 5.91 Å². The fourth-order valence-electron chi connectivity index (χ4n) is 4.24. The first-order valence-electron chi connectivity index (χ1n) is 11.1. The van der Waals surface area contributed by atoms with Gasteiger partial charge < -0.3 is 15.0 Å². The average Bonchev–Trinajstić information content (AvgIpc) is 3.76. The number of nitriles is 1. The summed E-state index contributed by atoms with van der Waals surface area (Å²) in [6.45, 7) is 0.506. The van der Waals surface area contributed by atoms with Crippen LogP contribution in [0.4, 0.5) is 11.6 Å². The number of anilines is 2. The lowest BCUT2D eigenvalue weighted by atomic mass is 10.2. The number of carbonyl (C=O) groups is 1. The van der Waals surface area contributed by atoms with E-state index in [2.05, 4.69) is 54.4 Å². The maximum absolute atomic E-state index is 12.7. The van der Waals surface area contributed by atoms with E-state index in [0.717, 1.165) is 16.2 Å². The van der Waals surface area contributed by atoms with Gasteiger partial charge in [0.15, 0.2) is 0 Å². The molecule has 170 valence electrons. The van der Waals surface area contributed by atoms with Crippen molar-refractivity contribution in [1.82, 2.24) is 19.4 Å². The molecule has 2 aliphatic rings. The maximum Gasteiger partial charge on any atom is 0.229 e. The van der Waals surface area contributed by atoms with E-state index in [9.17, 15) is 10.1 Å². The Morgan fingerprint density at radius 2 is 2.09 bits per heavy atom. The van der Waals surface area contributed by atoms with Crippen LogP contribution in [0.3, 0.4) is 0 Å². The molecule has 0 aromatic carbocycles. The number of pyridine rings is 1. The normalized spacial score (nSPS) is 19.1. The summed E-state index contributed by atoms with van der Waals surface area (Å²) in [7, 11) is 0. The van der Waals surface area contributed by atoms with Gasteiger partial charge >= 0.3 is 0 Å². The highest BCUT2D eigenvalue weighted by molar-refractivity contribution is 7.16. The molecular weight excluding hydrogens is 470 g/mol. The van der Waals surface area contributed by atoms with Crippen molar-refractivity contribution >= 4 is 46.1 Å². The third-order valence-electron chi connectivity index (χ3n) is 6.26. The molecule has 0 spiro atoms. The highest BCUT2D eigenvalue weighted by Crippen LogP contribution is 2.52. The molecule has 6 rings (SSSR count). The topological polar surface area (TPSA) is 108 Å². The van der Waals surface area contributed by atoms with Crippen LogP contribution in [-0.4, -0.2) is 25.3 Å². The number of nitrogens with one attached hydrogen (secondary N) is 2. The summed E-state index contributed by atoms with van der Waals surface area (Å²) in [6, 6.07) is 9.75. The summed E-state index contributed by atoms with van der Waals surface area (Å²) >= 11 is 7.42. The van der Waals surface area contributed by atoms with E-state index in [0.29, 0.717) is 40.4 Å². The van der Waals surface area contributed by atoms with Gasteiger partial charge in [-0.1, -0.05) is 17.7 Å². The van der Waals surface area contributed by atoms with Crippen LogP contribution in [0.25, 0.3) is 5.65 Å². The van der Waals surface area contributed by atoms with Gasteiger partial charge in [-0.25, -0.2) is 15.0 Å². The Morgan fingerprint density at radius 3 is 2.91 bits per heavy atom. The lowest BCUT2D eigenvalue weighted by Crippen LogP contribution is -2.16. The molecule has 2 aliphatic carbocycles. The number of carbonyl (C=O) groups excluding carboxylic acids is 1. The molecule has 2 atom stereocenters. The monoisotopic (exact) mass is 489 g/mol. The van der Waals surface area contributed by atoms with E-state index < -0.39 is 0 Å². The van der Waals surface area contributed by atoms with Crippen LogP contribution in [0.1, 0.15) is 52.8 Å². The summed E-state index contributed by atoms with van der Waals surface area (Å²) in [5, 5.41) is 15.4. The Labute approximate surface area is 204 Å². The fraction of sp³-hybridized carbons (Fsp3) is 0.292. The molecule has 34 heavy (non-hydrogen) atoms. The molecule has 2 N–H and O–H groups in total. The van der Waals surface area contributed by atoms with E-state index in [1.807, 2.05) is 6.20 Å². The van der Waals surface area contributed by atoms with E-state index in [1.54, 1.807) is 12.1 Å². The Balaban J connectivity index is 1.08. The molecule has 1 amide bonds. The molecule has 4 aromatic rings. The number of thiophene rings is 1. The lowest BCUT2D eigenvalue weighted by Gasteiger charge is -2.07. The zero-order valence-electron chi connectivity index (χ0n) is 18.0. The number of rotatable bonds is 7. The highest BCUT2D eigenvalue weighted by Gasteiger charge is 2.46. The van der Waals surface area contributed by atoms with Crippen molar-refractivity contribution in [2.75, 3.05) is 10.6 Å². The summed E-state index contributed by atoms with van der Waals surface area (Å²) in [4.78, 5) is 26.7. The van der Waals surface area contributed by atoms with Crippen molar-refractivity contribution < 1.29 is 4.79 Å². The van der Waals surface area contributed by atoms with Crippen LogP contribution in [0.2, 0.25) is 4.34 Å². The van der Waals surface area contributed by atoms with Gasteiger partial charge in [0.25, 0.3) is 0 Å².